The first-order valence-corrected chi connectivity index (χ1v) is 6.06. The number of hydrogen-bond acceptors (Lipinski definition) is 5. The van der Waals surface area contributed by atoms with Crippen LogP contribution in [-0.4, -0.2) is 22.9 Å². The summed E-state index contributed by atoms with van der Waals surface area (Å²) >= 11 is 0. The van der Waals surface area contributed by atoms with Gasteiger partial charge in [0.05, 0.1) is 12.4 Å². The molecule has 0 spiro atoms. The van der Waals surface area contributed by atoms with E-state index >= 15 is 0 Å². The Hall–Kier alpha value is -2.51. The molecule has 1 heterocycles. The molecule has 112 valence electrons. The van der Waals surface area contributed by atoms with Crippen LogP contribution in [0.4, 0.5) is 19.0 Å². The number of nitrogens with zero attached hydrogens (tertiary/aromatic N) is 2. The molecule has 0 fully saturated rings. The molecule has 0 saturated heterocycles. The summed E-state index contributed by atoms with van der Waals surface area (Å²) in [6.45, 7) is 2.59. The minimum absolute atomic E-state index is 0.234. The van der Waals surface area contributed by atoms with Crippen LogP contribution in [0.25, 0.3) is 0 Å². The zero-order valence-corrected chi connectivity index (χ0v) is 11.0. The largest absolute Gasteiger partial charge is 0.573 e. The number of aromatic nitrogens is 2. The van der Waals surface area contributed by atoms with E-state index in [4.69, 9.17) is 4.74 Å². The molecule has 2 rings (SSSR count). The van der Waals surface area contributed by atoms with Gasteiger partial charge in [-0.05, 0) is 31.2 Å². The molecule has 0 atom stereocenters. The summed E-state index contributed by atoms with van der Waals surface area (Å²) < 4.78 is 45.2. The maximum Gasteiger partial charge on any atom is 0.573 e. The van der Waals surface area contributed by atoms with Crippen LogP contribution in [0.5, 0.6) is 17.4 Å². The standard InChI is InChI=1S/C13H12F3N3O2/c1-2-18-11-7-17-8-12(19-11)20-9-3-5-10(6-4-9)21-13(14,15)16/h3-8H,2H2,1H3,(H,18,19). The summed E-state index contributed by atoms with van der Waals surface area (Å²) in [6.07, 6.45) is -1.77. The minimum atomic E-state index is -4.71. The molecule has 0 aliphatic rings. The summed E-state index contributed by atoms with van der Waals surface area (Å²) in [4.78, 5) is 8.07. The van der Waals surface area contributed by atoms with Crippen molar-refractivity contribution >= 4 is 5.82 Å². The summed E-state index contributed by atoms with van der Waals surface area (Å²) in [7, 11) is 0. The van der Waals surface area contributed by atoms with Gasteiger partial charge in [0.1, 0.15) is 17.3 Å². The quantitative estimate of drug-likeness (QED) is 0.914. The fourth-order valence-electron chi connectivity index (χ4n) is 1.49. The Kier molecular flexibility index (Phi) is 4.46. The van der Waals surface area contributed by atoms with E-state index in [2.05, 4.69) is 20.0 Å². The Labute approximate surface area is 118 Å². The molecule has 5 nitrogen and oxygen atoms in total. The van der Waals surface area contributed by atoms with E-state index in [-0.39, 0.29) is 11.6 Å². The number of halogens is 3. The highest BCUT2D eigenvalue weighted by Crippen LogP contribution is 2.26. The fraction of sp³-hybridized carbons (Fsp3) is 0.231. The highest BCUT2D eigenvalue weighted by Gasteiger charge is 2.30. The monoisotopic (exact) mass is 299 g/mol. The molecule has 0 bridgehead atoms. The minimum Gasteiger partial charge on any atom is -0.437 e. The molecule has 0 amide bonds. The number of hydrogen-bond donors (Lipinski definition) is 1. The van der Waals surface area contributed by atoms with E-state index in [1.165, 1.54) is 24.5 Å². The van der Waals surface area contributed by atoms with Crippen molar-refractivity contribution in [1.82, 2.24) is 9.97 Å². The van der Waals surface area contributed by atoms with Crippen LogP contribution in [0.1, 0.15) is 6.92 Å². The lowest BCUT2D eigenvalue weighted by atomic mass is 10.3. The molecule has 0 radical (unpaired) electrons. The zero-order chi connectivity index (χ0) is 15.3. The third-order valence-corrected chi connectivity index (χ3v) is 2.25. The molecule has 2 aromatic rings. The van der Waals surface area contributed by atoms with Crippen LogP contribution < -0.4 is 14.8 Å². The predicted molar refractivity (Wildman–Crippen MR) is 69.4 cm³/mol. The highest BCUT2D eigenvalue weighted by molar-refractivity contribution is 5.36. The van der Waals surface area contributed by atoms with Gasteiger partial charge in [-0.1, -0.05) is 0 Å². The van der Waals surface area contributed by atoms with E-state index in [0.717, 1.165) is 12.1 Å². The number of benzene rings is 1. The molecule has 8 heteroatoms. The van der Waals surface area contributed by atoms with E-state index in [9.17, 15) is 13.2 Å². The van der Waals surface area contributed by atoms with Gasteiger partial charge in [-0.25, -0.2) is 0 Å². The summed E-state index contributed by atoms with van der Waals surface area (Å²) in [6, 6.07) is 5.01. The molecule has 21 heavy (non-hydrogen) atoms. The smallest absolute Gasteiger partial charge is 0.437 e. The Bertz CT molecular complexity index is 588. The van der Waals surface area contributed by atoms with Crippen molar-refractivity contribution in [3.63, 3.8) is 0 Å². The van der Waals surface area contributed by atoms with Crippen molar-refractivity contribution < 1.29 is 22.6 Å². The average molecular weight is 299 g/mol. The Balaban J connectivity index is 2.04. The van der Waals surface area contributed by atoms with Gasteiger partial charge in [-0.15, -0.1) is 13.2 Å². The number of rotatable bonds is 5. The molecule has 0 aliphatic carbocycles. The second-order valence-corrected chi connectivity index (χ2v) is 3.89. The average Bonchev–Trinajstić information content (AvgIpc) is 2.40. The molecular formula is C13H12F3N3O2. The van der Waals surface area contributed by atoms with Crippen LogP contribution in [0.3, 0.4) is 0 Å². The second kappa shape index (κ2) is 6.29. The molecule has 0 aliphatic heterocycles. The van der Waals surface area contributed by atoms with Crippen molar-refractivity contribution in [3.05, 3.63) is 36.7 Å². The van der Waals surface area contributed by atoms with Crippen LogP contribution in [-0.2, 0) is 0 Å². The van der Waals surface area contributed by atoms with Crippen molar-refractivity contribution in [1.29, 1.82) is 0 Å². The SMILES string of the molecule is CCNc1cncc(Oc2ccc(OC(F)(F)F)cc2)n1. The van der Waals surface area contributed by atoms with Crippen LogP contribution in [0.15, 0.2) is 36.7 Å². The Morgan fingerprint density at radius 3 is 2.38 bits per heavy atom. The first-order valence-electron chi connectivity index (χ1n) is 6.06. The number of ether oxygens (including phenoxy) is 2. The van der Waals surface area contributed by atoms with Crippen molar-refractivity contribution in [2.75, 3.05) is 11.9 Å². The van der Waals surface area contributed by atoms with Gasteiger partial charge < -0.3 is 14.8 Å². The van der Waals surface area contributed by atoms with Crippen molar-refractivity contribution in [2.45, 2.75) is 13.3 Å². The summed E-state index contributed by atoms with van der Waals surface area (Å²) in [5, 5.41) is 2.97. The van der Waals surface area contributed by atoms with E-state index in [1.807, 2.05) is 6.92 Å². The summed E-state index contributed by atoms with van der Waals surface area (Å²) in [5.41, 5.74) is 0. The lowest BCUT2D eigenvalue weighted by Crippen LogP contribution is -2.16. The molecule has 0 unspecified atom stereocenters. The number of alkyl halides is 3. The van der Waals surface area contributed by atoms with Crippen LogP contribution >= 0.6 is 0 Å². The van der Waals surface area contributed by atoms with E-state index < -0.39 is 6.36 Å². The third kappa shape index (κ3) is 4.83. The molecule has 0 saturated carbocycles. The highest BCUT2D eigenvalue weighted by atomic mass is 19.4. The zero-order valence-electron chi connectivity index (χ0n) is 11.0. The van der Waals surface area contributed by atoms with Gasteiger partial charge in [-0.2, -0.15) is 4.98 Å². The second-order valence-electron chi connectivity index (χ2n) is 3.89. The van der Waals surface area contributed by atoms with Gasteiger partial charge in [-0.3, -0.25) is 4.98 Å². The third-order valence-electron chi connectivity index (χ3n) is 2.25. The number of anilines is 1. The molecule has 1 aromatic heterocycles. The molecular weight excluding hydrogens is 287 g/mol. The molecule has 1 N–H and O–H groups in total. The first kappa shape index (κ1) is 14.9. The molecule has 1 aromatic carbocycles. The maximum atomic E-state index is 12.0. The lowest BCUT2D eigenvalue weighted by molar-refractivity contribution is -0.274. The van der Waals surface area contributed by atoms with Gasteiger partial charge in [0.25, 0.3) is 0 Å². The van der Waals surface area contributed by atoms with Gasteiger partial charge in [0.15, 0.2) is 0 Å². The maximum absolute atomic E-state index is 12.0. The van der Waals surface area contributed by atoms with Gasteiger partial charge in [0, 0.05) is 6.54 Å². The fourth-order valence-corrected chi connectivity index (χ4v) is 1.49. The van der Waals surface area contributed by atoms with Crippen molar-refractivity contribution in [2.24, 2.45) is 0 Å². The Morgan fingerprint density at radius 1 is 1.10 bits per heavy atom. The van der Waals surface area contributed by atoms with Crippen molar-refractivity contribution in [3.8, 4) is 17.4 Å². The summed E-state index contributed by atoms with van der Waals surface area (Å²) in [5.74, 6) is 0.791. The first-order chi connectivity index (χ1) is 9.96. The van der Waals surface area contributed by atoms with E-state index in [0.29, 0.717) is 18.1 Å². The number of nitrogens with one attached hydrogen (secondary N) is 1. The van der Waals surface area contributed by atoms with Gasteiger partial charge >= 0.3 is 6.36 Å². The van der Waals surface area contributed by atoms with E-state index in [1.54, 1.807) is 0 Å². The Morgan fingerprint density at radius 2 is 1.76 bits per heavy atom. The van der Waals surface area contributed by atoms with Gasteiger partial charge in [0.2, 0.25) is 5.88 Å². The van der Waals surface area contributed by atoms with Crippen LogP contribution in [0, 0.1) is 0 Å². The normalized spacial score (nSPS) is 11.0. The lowest BCUT2D eigenvalue weighted by Gasteiger charge is -2.10. The predicted octanol–water partition coefficient (Wildman–Crippen LogP) is 3.60. The van der Waals surface area contributed by atoms with Crippen LogP contribution in [0.2, 0.25) is 0 Å². The topological polar surface area (TPSA) is 56.3 Å².